The summed E-state index contributed by atoms with van der Waals surface area (Å²) in [5.74, 6) is 0.740. The summed E-state index contributed by atoms with van der Waals surface area (Å²) in [6.45, 7) is 0.213. The molecule has 0 amide bonds. The summed E-state index contributed by atoms with van der Waals surface area (Å²) in [6, 6.07) is 6.32. The van der Waals surface area contributed by atoms with E-state index in [1.165, 1.54) is 28.1 Å². The molecule has 15 heavy (non-hydrogen) atoms. The topological polar surface area (TPSA) is 33.1 Å². The first-order valence-corrected chi connectivity index (χ1v) is 6.18. The van der Waals surface area contributed by atoms with E-state index in [0.717, 1.165) is 17.9 Å². The number of thiazole rings is 1. The van der Waals surface area contributed by atoms with Gasteiger partial charge in [0, 0.05) is 12.5 Å². The Hall–Kier alpha value is -0.930. The summed E-state index contributed by atoms with van der Waals surface area (Å²) in [5.41, 5.74) is 2.28. The maximum absolute atomic E-state index is 8.88. The molecule has 0 aliphatic heterocycles. The third kappa shape index (κ3) is 1.77. The number of rotatable bonds is 3. The molecule has 1 N–H and O–H groups in total. The molecule has 1 aromatic carbocycles. The fraction of sp³-hybridized carbons (Fsp3) is 0.417. The van der Waals surface area contributed by atoms with E-state index in [4.69, 9.17) is 5.11 Å². The highest BCUT2D eigenvalue weighted by atomic mass is 32.1. The number of hydrogen-bond donors (Lipinski definition) is 1. The predicted molar refractivity (Wildman–Crippen MR) is 62.4 cm³/mol. The first-order chi connectivity index (χ1) is 7.36. The maximum Gasteiger partial charge on any atom is 0.0969 e. The second kappa shape index (κ2) is 3.58. The van der Waals surface area contributed by atoms with E-state index in [2.05, 4.69) is 23.2 Å². The Kier molecular flexibility index (Phi) is 2.22. The monoisotopic (exact) mass is 219 g/mol. The van der Waals surface area contributed by atoms with Crippen molar-refractivity contribution in [3.8, 4) is 0 Å². The lowest BCUT2D eigenvalue weighted by molar-refractivity contribution is 0.299. The molecular weight excluding hydrogens is 206 g/mol. The van der Waals surface area contributed by atoms with Crippen molar-refractivity contribution < 1.29 is 5.11 Å². The minimum absolute atomic E-state index is 0.213. The Labute approximate surface area is 92.6 Å². The smallest absolute Gasteiger partial charge is 0.0969 e. The van der Waals surface area contributed by atoms with Gasteiger partial charge >= 0.3 is 0 Å². The van der Waals surface area contributed by atoms with Crippen LogP contribution in [-0.2, 0) is 6.42 Å². The minimum atomic E-state index is 0.213. The molecule has 2 nitrogen and oxygen atoms in total. The van der Waals surface area contributed by atoms with Crippen molar-refractivity contribution in [2.45, 2.75) is 25.2 Å². The Bertz CT molecular complexity index is 487. The first kappa shape index (κ1) is 9.31. The van der Waals surface area contributed by atoms with Gasteiger partial charge in [-0.05, 0) is 37.0 Å². The molecule has 1 saturated carbocycles. The predicted octanol–water partition coefficient (Wildman–Crippen LogP) is 2.71. The van der Waals surface area contributed by atoms with Crippen LogP contribution in [0, 0.1) is 0 Å². The Morgan fingerprint density at radius 1 is 1.40 bits per heavy atom. The molecule has 0 saturated heterocycles. The molecular formula is C12H13NOS. The molecule has 1 aliphatic rings. The number of aromatic nitrogens is 1. The van der Waals surface area contributed by atoms with E-state index in [-0.39, 0.29) is 6.61 Å². The molecule has 1 heterocycles. The second-order valence-electron chi connectivity index (χ2n) is 4.10. The van der Waals surface area contributed by atoms with E-state index >= 15 is 0 Å². The highest BCUT2D eigenvalue weighted by molar-refractivity contribution is 7.18. The number of benzene rings is 1. The van der Waals surface area contributed by atoms with Gasteiger partial charge in [-0.2, -0.15) is 0 Å². The van der Waals surface area contributed by atoms with Gasteiger partial charge < -0.3 is 5.11 Å². The van der Waals surface area contributed by atoms with E-state index in [0.29, 0.717) is 0 Å². The summed E-state index contributed by atoms with van der Waals surface area (Å²) in [5, 5.41) is 10.2. The van der Waals surface area contributed by atoms with Crippen molar-refractivity contribution in [1.82, 2.24) is 4.98 Å². The van der Waals surface area contributed by atoms with Gasteiger partial charge in [-0.15, -0.1) is 11.3 Å². The van der Waals surface area contributed by atoms with E-state index in [1.807, 2.05) is 11.3 Å². The average Bonchev–Trinajstić information content (AvgIpc) is 2.99. The number of fused-ring (bicyclic) bond motifs is 1. The zero-order valence-electron chi connectivity index (χ0n) is 8.44. The third-order valence-electron chi connectivity index (χ3n) is 2.80. The lowest BCUT2D eigenvalue weighted by atomic mass is 10.1. The SMILES string of the molecule is OCCc1ccc2sc(C3CC3)nc2c1. The molecule has 0 spiro atoms. The van der Waals surface area contributed by atoms with Crippen molar-refractivity contribution in [2.75, 3.05) is 6.61 Å². The third-order valence-corrected chi connectivity index (χ3v) is 3.99. The van der Waals surface area contributed by atoms with Gasteiger partial charge in [0.25, 0.3) is 0 Å². The molecule has 2 aromatic rings. The summed E-state index contributed by atoms with van der Waals surface area (Å²) in [7, 11) is 0. The fourth-order valence-corrected chi connectivity index (χ4v) is 2.90. The van der Waals surface area contributed by atoms with Crippen LogP contribution in [0.25, 0.3) is 10.2 Å². The fourth-order valence-electron chi connectivity index (χ4n) is 1.78. The molecule has 78 valence electrons. The van der Waals surface area contributed by atoms with Crippen LogP contribution in [0.5, 0.6) is 0 Å². The average molecular weight is 219 g/mol. The highest BCUT2D eigenvalue weighted by Crippen LogP contribution is 2.43. The van der Waals surface area contributed by atoms with Crippen molar-refractivity contribution in [2.24, 2.45) is 0 Å². The van der Waals surface area contributed by atoms with Crippen LogP contribution in [0.4, 0.5) is 0 Å². The normalized spacial score (nSPS) is 16.1. The van der Waals surface area contributed by atoms with Crippen molar-refractivity contribution in [3.63, 3.8) is 0 Å². The van der Waals surface area contributed by atoms with E-state index < -0.39 is 0 Å². The van der Waals surface area contributed by atoms with Crippen LogP contribution in [0.3, 0.4) is 0 Å². The van der Waals surface area contributed by atoms with E-state index in [1.54, 1.807) is 0 Å². The molecule has 0 radical (unpaired) electrons. The van der Waals surface area contributed by atoms with Gasteiger partial charge in [0.1, 0.15) is 0 Å². The largest absolute Gasteiger partial charge is 0.396 e. The molecule has 0 atom stereocenters. The van der Waals surface area contributed by atoms with E-state index in [9.17, 15) is 0 Å². The maximum atomic E-state index is 8.88. The van der Waals surface area contributed by atoms with Crippen LogP contribution in [0.1, 0.15) is 29.3 Å². The van der Waals surface area contributed by atoms with Gasteiger partial charge in [0.15, 0.2) is 0 Å². The van der Waals surface area contributed by atoms with Crippen LogP contribution < -0.4 is 0 Å². The quantitative estimate of drug-likeness (QED) is 0.861. The molecule has 3 rings (SSSR count). The van der Waals surface area contributed by atoms with Crippen LogP contribution in [0.2, 0.25) is 0 Å². The summed E-state index contributed by atoms with van der Waals surface area (Å²) in [4.78, 5) is 4.65. The Balaban J connectivity index is 2.02. The van der Waals surface area contributed by atoms with Crippen LogP contribution in [-0.4, -0.2) is 16.7 Å². The number of aliphatic hydroxyl groups excluding tert-OH is 1. The van der Waals surface area contributed by atoms with Crippen LogP contribution in [0.15, 0.2) is 18.2 Å². The molecule has 0 bridgehead atoms. The highest BCUT2D eigenvalue weighted by Gasteiger charge is 2.26. The molecule has 3 heteroatoms. The molecule has 0 unspecified atom stereocenters. The van der Waals surface area contributed by atoms with Gasteiger partial charge in [-0.1, -0.05) is 6.07 Å². The standard InChI is InChI=1S/C12H13NOS/c14-6-5-8-1-4-11-10(7-8)13-12(15-11)9-2-3-9/h1,4,7,9,14H,2-3,5-6H2. The van der Waals surface area contributed by atoms with Crippen LogP contribution >= 0.6 is 11.3 Å². The van der Waals surface area contributed by atoms with Crippen molar-refractivity contribution >= 4 is 21.6 Å². The second-order valence-corrected chi connectivity index (χ2v) is 5.16. The Morgan fingerprint density at radius 2 is 2.27 bits per heavy atom. The molecule has 1 fully saturated rings. The summed E-state index contributed by atoms with van der Waals surface area (Å²) in [6.07, 6.45) is 3.35. The zero-order valence-corrected chi connectivity index (χ0v) is 9.26. The van der Waals surface area contributed by atoms with Crippen molar-refractivity contribution in [3.05, 3.63) is 28.8 Å². The molecule has 1 aliphatic carbocycles. The number of aliphatic hydroxyl groups is 1. The number of hydrogen-bond acceptors (Lipinski definition) is 3. The zero-order chi connectivity index (χ0) is 10.3. The van der Waals surface area contributed by atoms with Gasteiger partial charge in [-0.25, -0.2) is 4.98 Å². The lowest BCUT2D eigenvalue weighted by Crippen LogP contribution is -1.89. The van der Waals surface area contributed by atoms with Gasteiger partial charge in [-0.3, -0.25) is 0 Å². The van der Waals surface area contributed by atoms with Crippen molar-refractivity contribution in [1.29, 1.82) is 0 Å². The van der Waals surface area contributed by atoms with Gasteiger partial charge in [0.2, 0.25) is 0 Å². The molecule has 1 aromatic heterocycles. The first-order valence-electron chi connectivity index (χ1n) is 5.37. The number of nitrogens with zero attached hydrogens (tertiary/aromatic N) is 1. The summed E-state index contributed by atoms with van der Waals surface area (Å²) >= 11 is 1.82. The minimum Gasteiger partial charge on any atom is -0.396 e. The lowest BCUT2D eigenvalue weighted by Gasteiger charge is -1.96. The van der Waals surface area contributed by atoms with Gasteiger partial charge in [0.05, 0.1) is 15.2 Å². The Morgan fingerprint density at radius 3 is 3.00 bits per heavy atom. The summed E-state index contributed by atoms with van der Waals surface area (Å²) < 4.78 is 1.28.